The highest BCUT2D eigenvalue weighted by Crippen LogP contribution is 2.24. The molecule has 2 atom stereocenters. The van der Waals surface area contributed by atoms with E-state index in [4.69, 9.17) is 0 Å². The number of aliphatic hydroxyl groups excluding tert-OH is 1. The maximum Gasteiger partial charge on any atom is 0.272 e. The normalized spacial score (nSPS) is 23.4. The summed E-state index contributed by atoms with van der Waals surface area (Å²) in [5, 5.41) is 13.7. The minimum absolute atomic E-state index is 0.0255. The van der Waals surface area contributed by atoms with Gasteiger partial charge in [-0.05, 0) is 37.7 Å². The molecule has 0 aromatic carbocycles. The Balaban J connectivity index is 2.21. The molecule has 1 aliphatic heterocycles. The number of likely N-dealkylation sites (tertiary alicyclic amines) is 1. The number of amides is 1. The molecule has 1 aromatic heterocycles. The van der Waals surface area contributed by atoms with Crippen molar-refractivity contribution in [3.05, 3.63) is 17.5 Å². The van der Waals surface area contributed by atoms with Crippen molar-refractivity contribution in [1.29, 1.82) is 0 Å². The molecule has 1 fully saturated rings. The third kappa shape index (κ3) is 2.87. The molecule has 0 aliphatic carbocycles. The third-order valence-electron chi connectivity index (χ3n) is 4.21. The van der Waals surface area contributed by atoms with E-state index in [0.717, 1.165) is 18.5 Å². The SMILES string of the molecule is CC(C)c1cc(C(=O)N2CC(CO)CCC2C)n(C)n1. The molecule has 1 aliphatic rings. The number of nitrogens with zero attached hydrogens (tertiary/aromatic N) is 3. The maximum absolute atomic E-state index is 12.7. The number of hydrogen-bond donors (Lipinski definition) is 1. The predicted octanol–water partition coefficient (Wildman–Crippen LogP) is 1.78. The fourth-order valence-electron chi connectivity index (χ4n) is 2.73. The molecule has 2 unspecified atom stereocenters. The first-order valence-electron chi connectivity index (χ1n) is 7.39. The van der Waals surface area contributed by atoms with Crippen LogP contribution in [0.4, 0.5) is 0 Å². The van der Waals surface area contributed by atoms with Gasteiger partial charge in [-0.3, -0.25) is 9.48 Å². The smallest absolute Gasteiger partial charge is 0.272 e. The molecule has 0 saturated carbocycles. The number of aryl methyl sites for hydroxylation is 1. The Kier molecular flexibility index (Phi) is 4.48. The van der Waals surface area contributed by atoms with Crippen LogP contribution in [0.2, 0.25) is 0 Å². The number of carbonyl (C=O) groups is 1. The average Bonchev–Trinajstić information content (AvgIpc) is 2.81. The van der Waals surface area contributed by atoms with E-state index in [0.29, 0.717) is 18.2 Å². The summed E-state index contributed by atoms with van der Waals surface area (Å²) in [6, 6.07) is 2.12. The van der Waals surface area contributed by atoms with Gasteiger partial charge in [-0.2, -0.15) is 5.10 Å². The van der Waals surface area contributed by atoms with E-state index in [1.165, 1.54) is 0 Å². The number of rotatable bonds is 3. The minimum Gasteiger partial charge on any atom is -0.396 e. The van der Waals surface area contributed by atoms with Gasteiger partial charge in [0.1, 0.15) is 5.69 Å². The summed E-state index contributed by atoms with van der Waals surface area (Å²) in [5.74, 6) is 0.539. The molecule has 2 heterocycles. The van der Waals surface area contributed by atoms with E-state index < -0.39 is 0 Å². The van der Waals surface area contributed by atoms with E-state index in [2.05, 4.69) is 25.9 Å². The van der Waals surface area contributed by atoms with Crippen LogP contribution in [0.5, 0.6) is 0 Å². The number of aromatic nitrogens is 2. The van der Waals surface area contributed by atoms with Gasteiger partial charge in [0.05, 0.1) is 5.69 Å². The summed E-state index contributed by atoms with van der Waals surface area (Å²) in [6.45, 7) is 7.01. The van der Waals surface area contributed by atoms with Gasteiger partial charge in [0.15, 0.2) is 0 Å². The van der Waals surface area contributed by atoms with Crippen LogP contribution in [0.15, 0.2) is 6.07 Å². The molecule has 1 aromatic rings. The molecule has 1 N–H and O–H groups in total. The Labute approximate surface area is 120 Å². The Morgan fingerprint density at radius 3 is 2.75 bits per heavy atom. The van der Waals surface area contributed by atoms with Gasteiger partial charge in [-0.25, -0.2) is 0 Å². The van der Waals surface area contributed by atoms with Crippen molar-refractivity contribution < 1.29 is 9.90 Å². The first-order chi connectivity index (χ1) is 9.43. The van der Waals surface area contributed by atoms with Crippen LogP contribution in [0, 0.1) is 5.92 Å². The van der Waals surface area contributed by atoms with Crippen molar-refractivity contribution in [2.75, 3.05) is 13.2 Å². The Morgan fingerprint density at radius 2 is 2.20 bits per heavy atom. The molecular weight excluding hydrogens is 254 g/mol. The van der Waals surface area contributed by atoms with E-state index in [1.54, 1.807) is 4.68 Å². The molecule has 0 spiro atoms. The van der Waals surface area contributed by atoms with Crippen molar-refractivity contribution in [2.45, 2.75) is 45.6 Å². The molecule has 2 rings (SSSR count). The number of aliphatic hydroxyl groups is 1. The lowest BCUT2D eigenvalue weighted by molar-refractivity contribution is 0.0478. The lowest BCUT2D eigenvalue weighted by Crippen LogP contribution is -2.46. The zero-order chi connectivity index (χ0) is 14.9. The lowest BCUT2D eigenvalue weighted by Gasteiger charge is -2.37. The van der Waals surface area contributed by atoms with Crippen molar-refractivity contribution in [3.8, 4) is 0 Å². The van der Waals surface area contributed by atoms with Gasteiger partial charge in [0, 0.05) is 26.2 Å². The molecule has 20 heavy (non-hydrogen) atoms. The topological polar surface area (TPSA) is 58.4 Å². The Morgan fingerprint density at radius 1 is 1.50 bits per heavy atom. The molecule has 5 heteroatoms. The van der Waals surface area contributed by atoms with Gasteiger partial charge in [-0.15, -0.1) is 0 Å². The highest BCUT2D eigenvalue weighted by molar-refractivity contribution is 5.93. The summed E-state index contributed by atoms with van der Waals surface area (Å²) in [7, 11) is 1.82. The molecule has 0 bridgehead atoms. The fourth-order valence-corrected chi connectivity index (χ4v) is 2.73. The quantitative estimate of drug-likeness (QED) is 0.917. The predicted molar refractivity (Wildman–Crippen MR) is 77.6 cm³/mol. The lowest BCUT2D eigenvalue weighted by atomic mass is 9.94. The largest absolute Gasteiger partial charge is 0.396 e. The highest BCUT2D eigenvalue weighted by Gasteiger charge is 2.30. The Bertz CT molecular complexity index is 481. The standard InChI is InChI=1S/C15H25N3O2/c1-10(2)13-7-14(17(4)16-13)15(20)18-8-12(9-19)6-5-11(18)3/h7,10-12,19H,5-6,8-9H2,1-4H3. The molecule has 5 nitrogen and oxygen atoms in total. The van der Waals surface area contributed by atoms with Gasteiger partial charge < -0.3 is 10.0 Å². The second-order valence-electron chi connectivity index (χ2n) is 6.17. The van der Waals surface area contributed by atoms with Gasteiger partial charge in [0.2, 0.25) is 0 Å². The zero-order valence-corrected chi connectivity index (χ0v) is 12.8. The molecular formula is C15H25N3O2. The van der Waals surface area contributed by atoms with E-state index >= 15 is 0 Å². The summed E-state index contributed by atoms with van der Waals surface area (Å²) in [4.78, 5) is 14.6. The average molecular weight is 279 g/mol. The summed E-state index contributed by atoms with van der Waals surface area (Å²) >= 11 is 0. The van der Waals surface area contributed by atoms with Crippen LogP contribution in [0.3, 0.4) is 0 Å². The van der Waals surface area contributed by atoms with Crippen molar-refractivity contribution >= 4 is 5.91 Å². The summed E-state index contributed by atoms with van der Waals surface area (Å²) < 4.78 is 1.67. The first-order valence-corrected chi connectivity index (χ1v) is 7.39. The molecule has 1 saturated heterocycles. The highest BCUT2D eigenvalue weighted by atomic mass is 16.3. The van der Waals surface area contributed by atoms with Crippen LogP contribution in [-0.4, -0.2) is 44.9 Å². The van der Waals surface area contributed by atoms with Gasteiger partial charge >= 0.3 is 0 Å². The second-order valence-corrected chi connectivity index (χ2v) is 6.17. The number of carbonyl (C=O) groups excluding carboxylic acids is 1. The monoisotopic (exact) mass is 279 g/mol. The summed E-state index contributed by atoms with van der Waals surface area (Å²) in [6.07, 6.45) is 1.94. The van der Waals surface area contributed by atoms with Crippen molar-refractivity contribution in [3.63, 3.8) is 0 Å². The van der Waals surface area contributed by atoms with Crippen molar-refractivity contribution in [1.82, 2.24) is 14.7 Å². The summed E-state index contributed by atoms with van der Waals surface area (Å²) in [5.41, 5.74) is 1.58. The number of hydrogen-bond acceptors (Lipinski definition) is 3. The van der Waals surface area contributed by atoms with Crippen LogP contribution in [-0.2, 0) is 7.05 Å². The molecule has 0 radical (unpaired) electrons. The molecule has 112 valence electrons. The van der Waals surface area contributed by atoms with E-state index in [-0.39, 0.29) is 24.5 Å². The van der Waals surface area contributed by atoms with Gasteiger partial charge in [0.25, 0.3) is 5.91 Å². The molecule has 1 amide bonds. The minimum atomic E-state index is 0.0255. The second kappa shape index (κ2) is 5.95. The third-order valence-corrected chi connectivity index (χ3v) is 4.21. The van der Waals surface area contributed by atoms with Gasteiger partial charge in [-0.1, -0.05) is 13.8 Å². The van der Waals surface area contributed by atoms with E-state index in [9.17, 15) is 9.90 Å². The van der Waals surface area contributed by atoms with Crippen LogP contribution in [0.25, 0.3) is 0 Å². The fraction of sp³-hybridized carbons (Fsp3) is 0.733. The number of piperidine rings is 1. The maximum atomic E-state index is 12.7. The van der Waals surface area contributed by atoms with Crippen molar-refractivity contribution in [2.24, 2.45) is 13.0 Å². The van der Waals surface area contributed by atoms with Crippen LogP contribution >= 0.6 is 0 Å². The van der Waals surface area contributed by atoms with Crippen LogP contribution in [0.1, 0.15) is 55.7 Å². The first kappa shape index (κ1) is 15.0. The van der Waals surface area contributed by atoms with E-state index in [1.807, 2.05) is 18.0 Å². The zero-order valence-electron chi connectivity index (χ0n) is 12.8. The Hall–Kier alpha value is -1.36. The van der Waals surface area contributed by atoms with Crippen LogP contribution < -0.4 is 0 Å².